The summed E-state index contributed by atoms with van der Waals surface area (Å²) >= 11 is 0. The molecule has 0 atom stereocenters. The van der Waals surface area contributed by atoms with E-state index in [9.17, 15) is 0 Å². The van der Waals surface area contributed by atoms with Gasteiger partial charge in [-0.2, -0.15) is 0 Å². The molecule has 0 bridgehead atoms. The van der Waals surface area contributed by atoms with Crippen molar-refractivity contribution in [2.24, 2.45) is 0 Å². The summed E-state index contributed by atoms with van der Waals surface area (Å²) in [7, 11) is 2.02. The van der Waals surface area contributed by atoms with Crippen LogP contribution in [-0.4, -0.2) is 26.7 Å². The Balaban J connectivity index is 2.23. The lowest BCUT2D eigenvalue weighted by Gasteiger charge is -2.17. The summed E-state index contributed by atoms with van der Waals surface area (Å²) in [5.41, 5.74) is 4.57. The van der Waals surface area contributed by atoms with Gasteiger partial charge >= 0.3 is 0 Å². The molecule has 2 nitrogen and oxygen atoms in total. The summed E-state index contributed by atoms with van der Waals surface area (Å²) in [6.07, 6.45) is 2.38. The van der Waals surface area contributed by atoms with Crippen molar-refractivity contribution >= 4 is 5.69 Å². The van der Waals surface area contributed by atoms with E-state index < -0.39 is 0 Å². The fourth-order valence-electron chi connectivity index (χ4n) is 2.40. The molecule has 1 aliphatic rings. The lowest BCUT2D eigenvalue weighted by molar-refractivity contribution is 0.786. The second-order valence-electron chi connectivity index (χ2n) is 4.10. The van der Waals surface area contributed by atoms with Crippen molar-refractivity contribution in [2.75, 3.05) is 31.6 Å². The van der Waals surface area contributed by atoms with Gasteiger partial charge in [-0.3, -0.25) is 0 Å². The molecule has 0 aromatic heterocycles. The number of rotatable bonds is 4. The van der Waals surface area contributed by atoms with Gasteiger partial charge < -0.3 is 10.2 Å². The highest BCUT2D eigenvalue weighted by atomic mass is 15.1. The van der Waals surface area contributed by atoms with Crippen LogP contribution in [0.4, 0.5) is 5.69 Å². The highest BCUT2D eigenvalue weighted by molar-refractivity contribution is 5.60. The zero-order chi connectivity index (χ0) is 10.7. The summed E-state index contributed by atoms with van der Waals surface area (Å²) in [5.74, 6) is 0. The summed E-state index contributed by atoms with van der Waals surface area (Å²) in [5, 5.41) is 3.22. The number of nitrogens with one attached hydrogen (secondary N) is 1. The molecule has 1 aromatic carbocycles. The zero-order valence-electron chi connectivity index (χ0n) is 9.71. The first kappa shape index (κ1) is 10.5. The predicted molar refractivity (Wildman–Crippen MR) is 65.7 cm³/mol. The van der Waals surface area contributed by atoms with Crippen molar-refractivity contribution < 1.29 is 0 Å². The van der Waals surface area contributed by atoms with E-state index in [0.29, 0.717) is 0 Å². The standard InChI is InChI=1S/C13H20N2/c1-3-15-10-8-12-11(7-9-14-2)5-4-6-13(12)15/h4-6,14H,3,7-10H2,1-2H3. The van der Waals surface area contributed by atoms with Crippen molar-refractivity contribution in [3.05, 3.63) is 29.3 Å². The Bertz CT molecular complexity index is 333. The van der Waals surface area contributed by atoms with Crippen LogP contribution in [0.3, 0.4) is 0 Å². The van der Waals surface area contributed by atoms with Gasteiger partial charge in [0.2, 0.25) is 0 Å². The van der Waals surface area contributed by atoms with Crippen LogP contribution >= 0.6 is 0 Å². The van der Waals surface area contributed by atoms with Gasteiger partial charge in [-0.1, -0.05) is 12.1 Å². The number of likely N-dealkylation sites (N-methyl/N-ethyl adjacent to an activating group) is 2. The molecule has 1 N–H and O–H groups in total. The number of hydrogen-bond donors (Lipinski definition) is 1. The van der Waals surface area contributed by atoms with E-state index >= 15 is 0 Å². The van der Waals surface area contributed by atoms with Gasteiger partial charge in [-0.15, -0.1) is 0 Å². The second kappa shape index (κ2) is 4.67. The molecule has 0 unspecified atom stereocenters. The van der Waals surface area contributed by atoms with Crippen molar-refractivity contribution in [3.63, 3.8) is 0 Å². The first-order chi connectivity index (χ1) is 7.36. The number of benzene rings is 1. The molecule has 0 spiro atoms. The number of nitrogens with zero attached hydrogens (tertiary/aromatic N) is 1. The molecule has 2 heteroatoms. The van der Waals surface area contributed by atoms with E-state index in [1.165, 1.54) is 24.2 Å². The molecule has 0 saturated carbocycles. The highest BCUT2D eigenvalue weighted by Gasteiger charge is 2.19. The summed E-state index contributed by atoms with van der Waals surface area (Å²) < 4.78 is 0. The molecule has 0 radical (unpaired) electrons. The van der Waals surface area contributed by atoms with Gasteiger partial charge in [0.1, 0.15) is 0 Å². The lowest BCUT2D eigenvalue weighted by Crippen LogP contribution is -2.19. The number of hydrogen-bond acceptors (Lipinski definition) is 2. The molecule has 15 heavy (non-hydrogen) atoms. The molecule has 0 saturated heterocycles. The third-order valence-electron chi connectivity index (χ3n) is 3.25. The maximum Gasteiger partial charge on any atom is 0.0402 e. The molecule has 2 rings (SSSR count). The highest BCUT2D eigenvalue weighted by Crippen LogP contribution is 2.30. The van der Waals surface area contributed by atoms with E-state index in [2.05, 4.69) is 35.3 Å². The van der Waals surface area contributed by atoms with Gasteiger partial charge in [0.25, 0.3) is 0 Å². The Kier molecular flexibility index (Phi) is 3.27. The first-order valence-electron chi connectivity index (χ1n) is 5.87. The third-order valence-corrected chi connectivity index (χ3v) is 3.25. The zero-order valence-corrected chi connectivity index (χ0v) is 9.71. The number of anilines is 1. The van der Waals surface area contributed by atoms with E-state index in [1.807, 2.05) is 7.05 Å². The van der Waals surface area contributed by atoms with Crippen molar-refractivity contribution in [2.45, 2.75) is 19.8 Å². The minimum Gasteiger partial charge on any atom is -0.371 e. The van der Waals surface area contributed by atoms with Crippen LogP contribution < -0.4 is 10.2 Å². The van der Waals surface area contributed by atoms with E-state index in [1.54, 1.807) is 5.56 Å². The average Bonchev–Trinajstić information content (AvgIpc) is 2.69. The molecule has 1 heterocycles. The molecular weight excluding hydrogens is 184 g/mol. The largest absolute Gasteiger partial charge is 0.371 e. The lowest BCUT2D eigenvalue weighted by atomic mass is 10.0. The summed E-state index contributed by atoms with van der Waals surface area (Å²) in [6, 6.07) is 6.72. The molecule has 1 aliphatic heterocycles. The van der Waals surface area contributed by atoms with Crippen LogP contribution in [0, 0.1) is 0 Å². The van der Waals surface area contributed by atoms with Gasteiger partial charge in [-0.25, -0.2) is 0 Å². The van der Waals surface area contributed by atoms with Crippen molar-refractivity contribution in [1.82, 2.24) is 5.32 Å². The van der Waals surface area contributed by atoms with E-state index in [4.69, 9.17) is 0 Å². The second-order valence-corrected chi connectivity index (χ2v) is 4.10. The van der Waals surface area contributed by atoms with Gasteiger partial charge in [0, 0.05) is 18.8 Å². The Hall–Kier alpha value is -1.02. The fraction of sp³-hybridized carbons (Fsp3) is 0.538. The molecule has 0 fully saturated rings. The van der Waals surface area contributed by atoms with Crippen LogP contribution in [0.5, 0.6) is 0 Å². The Morgan fingerprint density at radius 2 is 2.27 bits per heavy atom. The molecule has 0 amide bonds. The minimum absolute atomic E-state index is 1.07. The first-order valence-corrected chi connectivity index (χ1v) is 5.87. The van der Waals surface area contributed by atoms with Gasteiger partial charge in [-0.05, 0) is 50.6 Å². The topological polar surface area (TPSA) is 15.3 Å². The molecular formula is C13H20N2. The van der Waals surface area contributed by atoms with E-state index in [-0.39, 0.29) is 0 Å². The Morgan fingerprint density at radius 1 is 1.40 bits per heavy atom. The molecule has 1 aromatic rings. The monoisotopic (exact) mass is 204 g/mol. The van der Waals surface area contributed by atoms with Crippen LogP contribution in [-0.2, 0) is 12.8 Å². The van der Waals surface area contributed by atoms with Crippen LogP contribution in [0.25, 0.3) is 0 Å². The smallest absolute Gasteiger partial charge is 0.0402 e. The van der Waals surface area contributed by atoms with Crippen LogP contribution in [0.15, 0.2) is 18.2 Å². The quantitative estimate of drug-likeness (QED) is 0.805. The van der Waals surface area contributed by atoms with Crippen molar-refractivity contribution in [3.8, 4) is 0 Å². The fourth-order valence-corrected chi connectivity index (χ4v) is 2.40. The molecule has 0 aliphatic carbocycles. The van der Waals surface area contributed by atoms with E-state index in [0.717, 1.165) is 19.5 Å². The maximum absolute atomic E-state index is 3.22. The van der Waals surface area contributed by atoms with Crippen LogP contribution in [0.1, 0.15) is 18.1 Å². The average molecular weight is 204 g/mol. The maximum atomic E-state index is 3.22. The Morgan fingerprint density at radius 3 is 3.00 bits per heavy atom. The SMILES string of the molecule is CCN1CCc2c(CCNC)cccc21. The summed E-state index contributed by atoms with van der Waals surface area (Å²) in [6.45, 7) is 5.63. The van der Waals surface area contributed by atoms with Gasteiger partial charge in [0.05, 0.1) is 0 Å². The van der Waals surface area contributed by atoms with Gasteiger partial charge in [0.15, 0.2) is 0 Å². The minimum atomic E-state index is 1.07. The third kappa shape index (κ3) is 2.00. The normalized spacial score (nSPS) is 14.4. The van der Waals surface area contributed by atoms with Crippen LogP contribution in [0.2, 0.25) is 0 Å². The molecule has 82 valence electrons. The Labute approximate surface area is 92.3 Å². The predicted octanol–water partition coefficient (Wildman–Crippen LogP) is 1.83. The summed E-state index contributed by atoms with van der Waals surface area (Å²) in [4.78, 5) is 2.47. The van der Waals surface area contributed by atoms with Crippen molar-refractivity contribution in [1.29, 1.82) is 0 Å². The number of fused-ring (bicyclic) bond motifs is 1.